The molecule has 0 radical (unpaired) electrons. The molecule has 154 valence electrons. The summed E-state index contributed by atoms with van der Waals surface area (Å²) in [5, 5.41) is 10.6. The summed E-state index contributed by atoms with van der Waals surface area (Å²) < 4.78 is 34.3. The fraction of sp³-hybridized carbons (Fsp3) is 0.765. The van der Waals surface area contributed by atoms with Gasteiger partial charge in [-0.15, -0.1) is 0 Å². The number of hydrogen-bond acceptors (Lipinski definition) is 5. The standard InChI is InChI=1S/C17H32N6O3S/c1-13-16(14(2)23(4)22-13)12-20-17(18-3)19-8-10-27(24,25)21-11-15-7-5-6-9-26-15/h15,21H,5-12H2,1-4H3,(H2,18,19,20). The summed E-state index contributed by atoms with van der Waals surface area (Å²) >= 11 is 0. The van der Waals surface area contributed by atoms with Crippen LogP contribution in [0.4, 0.5) is 0 Å². The number of guanidine groups is 1. The molecule has 1 saturated heterocycles. The predicted octanol–water partition coefficient (Wildman–Crippen LogP) is 0.190. The molecule has 27 heavy (non-hydrogen) atoms. The summed E-state index contributed by atoms with van der Waals surface area (Å²) in [5.41, 5.74) is 3.17. The van der Waals surface area contributed by atoms with Gasteiger partial charge in [0.05, 0.1) is 17.6 Å². The number of sulfonamides is 1. The molecular formula is C17H32N6O3S. The first kappa shape index (κ1) is 21.6. The highest BCUT2D eigenvalue weighted by atomic mass is 32.2. The smallest absolute Gasteiger partial charge is 0.213 e. The van der Waals surface area contributed by atoms with Gasteiger partial charge in [-0.1, -0.05) is 0 Å². The number of nitrogens with zero attached hydrogens (tertiary/aromatic N) is 3. The van der Waals surface area contributed by atoms with Crippen molar-refractivity contribution in [2.24, 2.45) is 12.0 Å². The van der Waals surface area contributed by atoms with Crippen molar-refractivity contribution in [3.8, 4) is 0 Å². The van der Waals surface area contributed by atoms with Gasteiger partial charge in [-0.25, -0.2) is 13.1 Å². The molecule has 0 spiro atoms. The lowest BCUT2D eigenvalue weighted by Crippen LogP contribution is -2.42. The molecular weight excluding hydrogens is 368 g/mol. The molecule has 1 aliphatic heterocycles. The van der Waals surface area contributed by atoms with Crippen molar-refractivity contribution >= 4 is 16.0 Å². The highest BCUT2D eigenvalue weighted by Gasteiger charge is 2.17. The van der Waals surface area contributed by atoms with Crippen molar-refractivity contribution < 1.29 is 13.2 Å². The van der Waals surface area contributed by atoms with Crippen LogP contribution in [-0.2, 0) is 28.4 Å². The average Bonchev–Trinajstić information content (AvgIpc) is 2.89. The summed E-state index contributed by atoms with van der Waals surface area (Å²) in [6.07, 6.45) is 3.04. The zero-order chi connectivity index (χ0) is 19.9. The third kappa shape index (κ3) is 6.78. The average molecular weight is 401 g/mol. The van der Waals surface area contributed by atoms with Crippen molar-refractivity contribution in [2.45, 2.75) is 45.8 Å². The molecule has 0 amide bonds. The van der Waals surface area contributed by atoms with Crippen LogP contribution in [0.25, 0.3) is 0 Å². The molecule has 1 aromatic rings. The maximum atomic E-state index is 12.1. The number of aromatic nitrogens is 2. The second-order valence-corrected chi connectivity index (χ2v) is 8.71. The van der Waals surface area contributed by atoms with Gasteiger partial charge in [0.1, 0.15) is 0 Å². The van der Waals surface area contributed by atoms with Crippen LogP contribution in [0.5, 0.6) is 0 Å². The lowest BCUT2D eigenvalue weighted by atomic mass is 10.1. The minimum Gasteiger partial charge on any atom is -0.377 e. The van der Waals surface area contributed by atoms with Crippen molar-refractivity contribution in [2.75, 3.05) is 32.5 Å². The maximum absolute atomic E-state index is 12.1. The first-order valence-corrected chi connectivity index (χ1v) is 11.0. The van der Waals surface area contributed by atoms with Crippen LogP contribution >= 0.6 is 0 Å². The minimum absolute atomic E-state index is 0.0122. The van der Waals surface area contributed by atoms with E-state index in [-0.39, 0.29) is 18.4 Å². The molecule has 2 rings (SSSR count). The summed E-state index contributed by atoms with van der Waals surface area (Å²) in [4.78, 5) is 4.14. The number of rotatable bonds is 8. The number of aliphatic imine (C=N–C) groups is 1. The molecule has 0 aliphatic carbocycles. The van der Waals surface area contributed by atoms with Crippen LogP contribution in [0.3, 0.4) is 0 Å². The second kappa shape index (κ2) is 10.0. The van der Waals surface area contributed by atoms with E-state index in [0.29, 0.717) is 25.7 Å². The summed E-state index contributed by atoms with van der Waals surface area (Å²) in [7, 11) is 0.219. The third-order valence-corrected chi connectivity index (χ3v) is 6.13. The van der Waals surface area contributed by atoms with Crippen LogP contribution in [0, 0.1) is 13.8 Å². The highest BCUT2D eigenvalue weighted by Crippen LogP contribution is 2.12. The molecule has 1 aromatic heterocycles. The molecule has 1 unspecified atom stereocenters. The molecule has 1 aliphatic rings. The largest absolute Gasteiger partial charge is 0.377 e. The summed E-state index contributed by atoms with van der Waals surface area (Å²) in [6, 6.07) is 0. The van der Waals surface area contributed by atoms with E-state index >= 15 is 0 Å². The third-order valence-electron chi connectivity index (χ3n) is 4.78. The Morgan fingerprint density at radius 3 is 2.70 bits per heavy atom. The molecule has 9 nitrogen and oxygen atoms in total. The number of ether oxygens (including phenoxy) is 1. The van der Waals surface area contributed by atoms with E-state index in [1.54, 1.807) is 7.05 Å². The van der Waals surface area contributed by atoms with Gasteiger partial charge in [-0.3, -0.25) is 9.67 Å². The van der Waals surface area contributed by atoms with Crippen molar-refractivity contribution in [1.82, 2.24) is 25.1 Å². The van der Waals surface area contributed by atoms with Crippen LogP contribution in [0.2, 0.25) is 0 Å². The van der Waals surface area contributed by atoms with Crippen molar-refractivity contribution in [3.63, 3.8) is 0 Å². The maximum Gasteiger partial charge on any atom is 0.213 e. The monoisotopic (exact) mass is 400 g/mol. The fourth-order valence-electron chi connectivity index (χ4n) is 3.03. The Hall–Kier alpha value is -1.65. The number of nitrogens with one attached hydrogen (secondary N) is 3. The Morgan fingerprint density at radius 2 is 2.11 bits per heavy atom. The Bertz CT molecular complexity index is 738. The van der Waals surface area contributed by atoms with Gasteiger partial charge < -0.3 is 15.4 Å². The SMILES string of the molecule is CN=C(NCCS(=O)(=O)NCC1CCCCO1)NCc1c(C)nn(C)c1C. The molecule has 0 aromatic carbocycles. The van der Waals surface area contributed by atoms with Crippen LogP contribution in [-0.4, -0.2) is 62.8 Å². The number of aryl methyl sites for hydroxylation is 2. The van der Waals surface area contributed by atoms with Gasteiger partial charge in [-0.2, -0.15) is 5.10 Å². The van der Waals surface area contributed by atoms with Crippen LogP contribution in [0.15, 0.2) is 4.99 Å². The first-order valence-electron chi connectivity index (χ1n) is 9.35. The molecule has 10 heteroatoms. The van der Waals surface area contributed by atoms with Gasteiger partial charge >= 0.3 is 0 Å². The highest BCUT2D eigenvalue weighted by molar-refractivity contribution is 7.89. The topological polar surface area (TPSA) is 110 Å². The Morgan fingerprint density at radius 1 is 1.33 bits per heavy atom. The van der Waals surface area contributed by atoms with Crippen LogP contribution < -0.4 is 15.4 Å². The van der Waals surface area contributed by atoms with E-state index in [9.17, 15) is 8.42 Å². The zero-order valence-electron chi connectivity index (χ0n) is 16.7. The molecule has 3 N–H and O–H groups in total. The lowest BCUT2D eigenvalue weighted by molar-refractivity contribution is 0.0200. The Labute approximate surface area is 162 Å². The van der Waals surface area contributed by atoms with Gasteiger partial charge in [0, 0.05) is 51.6 Å². The Kier molecular flexibility index (Phi) is 8.06. The molecule has 1 fully saturated rings. The fourth-order valence-corrected chi connectivity index (χ4v) is 3.99. The summed E-state index contributed by atoms with van der Waals surface area (Å²) in [5.74, 6) is 0.536. The van der Waals surface area contributed by atoms with Gasteiger partial charge in [0.15, 0.2) is 5.96 Å². The normalized spacial score (nSPS) is 18.5. The summed E-state index contributed by atoms with van der Waals surface area (Å²) in [6.45, 7) is 5.89. The number of hydrogen-bond donors (Lipinski definition) is 3. The van der Waals surface area contributed by atoms with E-state index in [1.165, 1.54) is 0 Å². The lowest BCUT2D eigenvalue weighted by Gasteiger charge is -2.22. The zero-order valence-corrected chi connectivity index (χ0v) is 17.5. The first-order chi connectivity index (χ1) is 12.8. The molecule has 0 saturated carbocycles. The predicted molar refractivity (Wildman–Crippen MR) is 106 cm³/mol. The molecule has 2 heterocycles. The van der Waals surface area contributed by atoms with E-state index < -0.39 is 10.0 Å². The van der Waals surface area contributed by atoms with Gasteiger partial charge in [0.2, 0.25) is 10.0 Å². The quantitative estimate of drug-likeness (QED) is 0.425. The van der Waals surface area contributed by atoms with Gasteiger partial charge in [0.25, 0.3) is 0 Å². The van der Waals surface area contributed by atoms with Crippen molar-refractivity contribution in [1.29, 1.82) is 0 Å². The molecule has 0 bridgehead atoms. The Balaban J connectivity index is 1.73. The van der Waals surface area contributed by atoms with E-state index in [0.717, 1.165) is 36.2 Å². The minimum atomic E-state index is -3.35. The van der Waals surface area contributed by atoms with E-state index in [2.05, 4.69) is 25.4 Å². The van der Waals surface area contributed by atoms with E-state index in [4.69, 9.17) is 4.74 Å². The van der Waals surface area contributed by atoms with Crippen LogP contribution in [0.1, 0.15) is 36.2 Å². The van der Waals surface area contributed by atoms with Crippen molar-refractivity contribution in [3.05, 3.63) is 17.0 Å². The second-order valence-electron chi connectivity index (χ2n) is 6.78. The van der Waals surface area contributed by atoms with Gasteiger partial charge in [-0.05, 0) is 33.1 Å². The van der Waals surface area contributed by atoms with E-state index in [1.807, 2.05) is 25.6 Å². The molecule has 1 atom stereocenters.